The van der Waals surface area contributed by atoms with Crippen molar-refractivity contribution in [1.82, 2.24) is 4.98 Å². The molecule has 0 aliphatic heterocycles. The SMILES string of the molecule is CCN(C(=O)OC(C)(C)C)c1nccc(Cl)c1C(=O)O. The van der Waals surface area contributed by atoms with Crippen LogP contribution in [0.25, 0.3) is 0 Å². The molecular weight excluding hydrogens is 284 g/mol. The van der Waals surface area contributed by atoms with Gasteiger partial charge < -0.3 is 9.84 Å². The van der Waals surface area contributed by atoms with Gasteiger partial charge >= 0.3 is 12.1 Å². The summed E-state index contributed by atoms with van der Waals surface area (Å²) in [6.07, 6.45) is 0.675. The Morgan fingerprint density at radius 3 is 2.50 bits per heavy atom. The maximum Gasteiger partial charge on any atom is 0.416 e. The quantitative estimate of drug-likeness (QED) is 0.927. The Bertz CT molecular complexity index is 526. The van der Waals surface area contributed by atoms with Crippen molar-refractivity contribution in [3.63, 3.8) is 0 Å². The van der Waals surface area contributed by atoms with Crippen LogP contribution in [0.4, 0.5) is 10.6 Å². The summed E-state index contributed by atoms with van der Waals surface area (Å²) in [6.45, 7) is 7.08. The number of pyridine rings is 1. The number of carboxylic acid groups (broad SMARTS) is 1. The summed E-state index contributed by atoms with van der Waals surface area (Å²) in [5.41, 5.74) is -0.909. The Kier molecular flexibility index (Phi) is 4.94. The zero-order chi connectivity index (χ0) is 15.5. The molecule has 7 heteroatoms. The fourth-order valence-corrected chi connectivity index (χ4v) is 1.73. The number of aromatic carboxylic acids is 1. The van der Waals surface area contributed by atoms with Gasteiger partial charge in [-0.3, -0.25) is 4.90 Å². The van der Waals surface area contributed by atoms with Crippen molar-refractivity contribution < 1.29 is 19.4 Å². The van der Waals surface area contributed by atoms with Gasteiger partial charge in [0.2, 0.25) is 0 Å². The van der Waals surface area contributed by atoms with E-state index in [2.05, 4.69) is 4.98 Å². The lowest BCUT2D eigenvalue weighted by Crippen LogP contribution is -2.38. The van der Waals surface area contributed by atoms with Crippen LogP contribution < -0.4 is 4.90 Å². The van der Waals surface area contributed by atoms with E-state index in [1.807, 2.05) is 0 Å². The monoisotopic (exact) mass is 300 g/mol. The van der Waals surface area contributed by atoms with Gasteiger partial charge in [-0.25, -0.2) is 14.6 Å². The lowest BCUT2D eigenvalue weighted by atomic mass is 10.2. The molecule has 1 rings (SSSR count). The van der Waals surface area contributed by atoms with Crippen molar-refractivity contribution >= 4 is 29.5 Å². The molecule has 0 spiro atoms. The fourth-order valence-electron chi connectivity index (χ4n) is 1.51. The average Bonchev–Trinajstić information content (AvgIpc) is 2.26. The zero-order valence-electron chi connectivity index (χ0n) is 11.8. The summed E-state index contributed by atoms with van der Waals surface area (Å²) in [7, 11) is 0. The minimum absolute atomic E-state index is 0.0181. The van der Waals surface area contributed by atoms with Gasteiger partial charge in [0, 0.05) is 12.7 Å². The van der Waals surface area contributed by atoms with Gasteiger partial charge in [-0.05, 0) is 33.8 Å². The van der Waals surface area contributed by atoms with Crippen molar-refractivity contribution in [1.29, 1.82) is 0 Å². The smallest absolute Gasteiger partial charge is 0.416 e. The summed E-state index contributed by atoms with van der Waals surface area (Å²) in [5.74, 6) is -1.28. The highest BCUT2D eigenvalue weighted by atomic mass is 35.5. The molecular formula is C13H17ClN2O4. The number of halogens is 1. The van der Waals surface area contributed by atoms with Crippen LogP contribution in [0.1, 0.15) is 38.1 Å². The number of anilines is 1. The van der Waals surface area contributed by atoms with Crippen LogP contribution in [-0.2, 0) is 4.74 Å². The molecule has 1 aromatic rings. The number of hydrogen-bond donors (Lipinski definition) is 1. The third-order valence-electron chi connectivity index (χ3n) is 2.28. The van der Waals surface area contributed by atoms with Crippen LogP contribution in [0.3, 0.4) is 0 Å². The van der Waals surface area contributed by atoms with Gasteiger partial charge in [-0.2, -0.15) is 0 Å². The van der Waals surface area contributed by atoms with Crippen molar-refractivity contribution in [3.8, 4) is 0 Å². The molecule has 0 saturated carbocycles. The first-order valence-electron chi connectivity index (χ1n) is 6.05. The maximum absolute atomic E-state index is 12.1. The second-order valence-electron chi connectivity index (χ2n) is 5.02. The predicted octanol–water partition coefficient (Wildman–Crippen LogP) is 3.19. The largest absolute Gasteiger partial charge is 0.478 e. The molecule has 20 heavy (non-hydrogen) atoms. The topological polar surface area (TPSA) is 79.7 Å². The molecule has 0 atom stereocenters. The molecule has 1 amide bonds. The molecule has 0 unspecified atom stereocenters. The summed E-state index contributed by atoms with van der Waals surface area (Å²) in [6, 6.07) is 1.36. The van der Waals surface area contributed by atoms with E-state index in [1.54, 1.807) is 27.7 Å². The normalized spacial score (nSPS) is 11.1. The predicted molar refractivity (Wildman–Crippen MR) is 75.5 cm³/mol. The Balaban J connectivity index is 3.23. The van der Waals surface area contributed by atoms with Crippen LogP contribution in [0.5, 0.6) is 0 Å². The van der Waals surface area contributed by atoms with Crippen LogP contribution in [0.2, 0.25) is 5.02 Å². The minimum atomic E-state index is -1.25. The summed E-state index contributed by atoms with van der Waals surface area (Å²) in [4.78, 5) is 28.5. The van der Waals surface area contributed by atoms with E-state index in [4.69, 9.17) is 16.3 Å². The molecule has 1 aromatic heterocycles. The van der Waals surface area contributed by atoms with E-state index >= 15 is 0 Å². The first-order chi connectivity index (χ1) is 9.17. The van der Waals surface area contributed by atoms with Gasteiger partial charge in [-0.15, -0.1) is 0 Å². The minimum Gasteiger partial charge on any atom is -0.478 e. The van der Waals surface area contributed by atoms with Crippen molar-refractivity contribution in [2.75, 3.05) is 11.4 Å². The lowest BCUT2D eigenvalue weighted by molar-refractivity contribution is 0.0581. The molecule has 0 fully saturated rings. The average molecular weight is 301 g/mol. The highest BCUT2D eigenvalue weighted by Gasteiger charge is 2.27. The zero-order valence-corrected chi connectivity index (χ0v) is 12.6. The van der Waals surface area contributed by atoms with Crippen molar-refractivity contribution in [2.45, 2.75) is 33.3 Å². The van der Waals surface area contributed by atoms with Gasteiger partial charge in [0.05, 0.1) is 5.02 Å². The molecule has 1 N–H and O–H groups in total. The Morgan fingerprint density at radius 2 is 2.05 bits per heavy atom. The van der Waals surface area contributed by atoms with Gasteiger partial charge in [-0.1, -0.05) is 11.6 Å². The number of hydrogen-bond acceptors (Lipinski definition) is 4. The number of ether oxygens (including phenoxy) is 1. The molecule has 0 saturated heterocycles. The van der Waals surface area contributed by atoms with E-state index in [1.165, 1.54) is 12.3 Å². The third kappa shape index (κ3) is 3.84. The number of nitrogens with zero attached hydrogens (tertiary/aromatic N) is 2. The number of rotatable bonds is 3. The maximum atomic E-state index is 12.1. The van der Waals surface area contributed by atoms with E-state index in [-0.39, 0.29) is 22.9 Å². The summed E-state index contributed by atoms with van der Waals surface area (Å²) >= 11 is 5.86. The van der Waals surface area contributed by atoms with Gasteiger partial charge in [0.15, 0.2) is 5.82 Å². The van der Waals surface area contributed by atoms with Crippen LogP contribution in [0, 0.1) is 0 Å². The Morgan fingerprint density at radius 1 is 1.45 bits per heavy atom. The molecule has 0 bridgehead atoms. The summed E-state index contributed by atoms with van der Waals surface area (Å²) in [5, 5.41) is 9.22. The van der Waals surface area contributed by atoms with Crippen LogP contribution >= 0.6 is 11.6 Å². The molecule has 0 aliphatic rings. The Hall–Kier alpha value is -1.82. The van der Waals surface area contributed by atoms with Crippen molar-refractivity contribution in [3.05, 3.63) is 22.8 Å². The highest BCUT2D eigenvalue weighted by molar-refractivity contribution is 6.34. The van der Waals surface area contributed by atoms with Gasteiger partial charge in [0.25, 0.3) is 0 Å². The second kappa shape index (κ2) is 6.09. The van der Waals surface area contributed by atoms with E-state index in [9.17, 15) is 14.7 Å². The molecule has 0 radical (unpaired) electrons. The molecule has 0 aromatic carbocycles. The van der Waals surface area contributed by atoms with Crippen LogP contribution in [-0.4, -0.2) is 34.3 Å². The van der Waals surface area contributed by atoms with E-state index < -0.39 is 17.7 Å². The van der Waals surface area contributed by atoms with Crippen molar-refractivity contribution in [2.24, 2.45) is 0 Å². The first kappa shape index (κ1) is 16.2. The van der Waals surface area contributed by atoms with E-state index in [0.29, 0.717) is 0 Å². The van der Waals surface area contributed by atoms with Crippen LogP contribution in [0.15, 0.2) is 12.3 Å². The molecule has 0 aliphatic carbocycles. The number of carbonyl (C=O) groups is 2. The summed E-state index contributed by atoms with van der Waals surface area (Å²) < 4.78 is 5.23. The number of carbonyl (C=O) groups excluding carboxylic acids is 1. The highest BCUT2D eigenvalue weighted by Crippen LogP contribution is 2.26. The lowest BCUT2D eigenvalue weighted by Gasteiger charge is -2.26. The molecule has 6 nitrogen and oxygen atoms in total. The standard InChI is InChI=1S/C13H17ClN2O4/c1-5-16(12(19)20-13(2,3)4)10-9(11(17)18)8(14)6-7-15-10/h6-7H,5H2,1-4H3,(H,17,18). The Labute approximate surface area is 122 Å². The second-order valence-corrected chi connectivity index (χ2v) is 5.43. The van der Waals surface area contributed by atoms with E-state index in [0.717, 1.165) is 4.90 Å². The number of carboxylic acids is 1. The fraction of sp³-hybridized carbons (Fsp3) is 0.462. The molecule has 1 heterocycles. The third-order valence-corrected chi connectivity index (χ3v) is 2.59. The first-order valence-corrected chi connectivity index (χ1v) is 6.43. The number of aromatic nitrogens is 1. The molecule has 110 valence electrons. The number of amides is 1. The van der Waals surface area contributed by atoms with Gasteiger partial charge in [0.1, 0.15) is 11.2 Å².